The molecule has 0 aromatic heterocycles. The van der Waals surface area contributed by atoms with Crippen molar-refractivity contribution in [1.82, 2.24) is 10.2 Å². The van der Waals surface area contributed by atoms with Crippen LogP contribution in [0.1, 0.15) is 23.2 Å². The number of likely N-dealkylation sites (tertiary alicyclic amines) is 1. The standard InChI is InChI=1S/C20H19ClN4O4/c21-17-12-15(25(28)29)6-7-16(17)18(26)23-10-8-20(9-11-23)19(27)22-13-24(20)14-4-2-1-3-5-14/h1-7,12H,8-11,13H2,(H,22,27). The molecule has 2 aromatic rings. The highest BCUT2D eigenvalue weighted by Gasteiger charge is 2.50. The van der Waals surface area contributed by atoms with Gasteiger partial charge >= 0.3 is 0 Å². The number of piperidine rings is 1. The number of carbonyl (C=O) groups excluding carboxylic acids is 2. The van der Waals surface area contributed by atoms with Crippen LogP contribution in [0, 0.1) is 10.1 Å². The molecule has 2 heterocycles. The first kappa shape index (κ1) is 19.2. The number of nitrogens with one attached hydrogen (secondary N) is 1. The molecule has 2 saturated heterocycles. The third-order valence-electron chi connectivity index (χ3n) is 5.68. The molecule has 0 bridgehead atoms. The van der Waals surface area contributed by atoms with Crippen LogP contribution in [0.25, 0.3) is 0 Å². The first-order chi connectivity index (χ1) is 13.9. The molecule has 0 radical (unpaired) electrons. The normalized spacial score (nSPS) is 18.0. The zero-order valence-electron chi connectivity index (χ0n) is 15.5. The number of anilines is 1. The fourth-order valence-corrected chi connectivity index (χ4v) is 4.33. The summed E-state index contributed by atoms with van der Waals surface area (Å²) in [6, 6.07) is 13.6. The van der Waals surface area contributed by atoms with Crippen LogP contribution in [0.4, 0.5) is 11.4 Å². The molecule has 0 saturated carbocycles. The van der Waals surface area contributed by atoms with Gasteiger partial charge in [0.1, 0.15) is 5.54 Å². The Kier molecular flexibility index (Phi) is 4.87. The van der Waals surface area contributed by atoms with E-state index in [1.54, 1.807) is 4.90 Å². The summed E-state index contributed by atoms with van der Waals surface area (Å²) < 4.78 is 0. The molecule has 0 atom stereocenters. The number of hydrogen-bond acceptors (Lipinski definition) is 5. The summed E-state index contributed by atoms with van der Waals surface area (Å²) in [6.07, 6.45) is 0.980. The van der Waals surface area contributed by atoms with Crippen LogP contribution >= 0.6 is 11.6 Å². The van der Waals surface area contributed by atoms with Crippen LogP contribution in [0.3, 0.4) is 0 Å². The summed E-state index contributed by atoms with van der Waals surface area (Å²) in [5.74, 6) is -0.314. The minimum atomic E-state index is -0.683. The van der Waals surface area contributed by atoms with Gasteiger partial charge in [-0.05, 0) is 31.0 Å². The minimum absolute atomic E-state index is 0.0261. The number of amides is 2. The van der Waals surface area contributed by atoms with Crippen LogP contribution in [0.15, 0.2) is 48.5 Å². The molecule has 150 valence electrons. The van der Waals surface area contributed by atoms with Gasteiger partial charge in [0.15, 0.2) is 0 Å². The summed E-state index contributed by atoms with van der Waals surface area (Å²) in [4.78, 5) is 39.6. The van der Waals surface area contributed by atoms with Crippen molar-refractivity contribution in [2.45, 2.75) is 18.4 Å². The fraction of sp³-hybridized carbons (Fsp3) is 0.300. The predicted octanol–water partition coefficient (Wildman–Crippen LogP) is 2.82. The van der Waals surface area contributed by atoms with Gasteiger partial charge in [-0.1, -0.05) is 29.8 Å². The van der Waals surface area contributed by atoms with Gasteiger partial charge in [-0.15, -0.1) is 0 Å². The van der Waals surface area contributed by atoms with Crippen molar-refractivity contribution in [3.8, 4) is 0 Å². The van der Waals surface area contributed by atoms with Gasteiger partial charge in [-0.2, -0.15) is 0 Å². The Labute approximate surface area is 172 Å². The molecule has 2 amide bonds. The Morgan fingerprint density at radius 3 is 2.45 bits per heavy atom. The Balaban J connectivity index is 1.52. The van der Waals surface area contributed by atoms with Crippen molar-refractivity contribution < 1.29 is 14.5 Å². The molecule has 1 N–H and O–H groups in total. The molecule has 2 fully saturated rings. The number of non-ortho nitro benzene ring substituents is 1. The zero-order valence-corrected chi connectivity index (χ0v) is 16.3. The van der Waals surface area contributed by atoms with Crippen LogP contribution in [0.2, 0.25) is 5.02 Å². The maximum Gasteiger partial charge on any atom is 0.270 e. The first-order valence-corrected chi connectivity index (χ1v) is 9.64. The summed E-state index contributed by atoms with van der Waals surface area (Å²) in [6.45, 7) is 1.22. The molecule has 2 aromatic carbocycles. The van der Waals surface area contributed by atoms with E-state index in [1.807, 2.05) is 30.3 Å². The average Bonchev–Trinajstić information content (AvgIpc) is 3.04. The lowest BCUT2D eigenvalue weighted by Gasteiger charge is -2.43. The van der Waals surface area contributed by atoms with Crippen LogP contribution < -0.4 is 10.2 Å². The van der Waals surface area contributed by atoms with Gasteiger partial charge in [-0.3, -0.25) is 19.7 Å². The smallest absolute Gasteiger partial charge is 0.270 e. The molecular formula is C20H19ClN4O4. The first-order valence-electron chi connectivity index (χ1n) is 9.26. The molecule has 1 spiro atoms. The molecule has 2 aliphatic heterocycles. The van der Waals surface area contributed by atoms with Crippen molar-refractivity contribution in [2.24, 2.45) is 0 Å². The molecule has 0 aliphatic carbocycles. The van der Waals surface area contributed by atoms with E-state index in [0.717, 1.165) is 5.69 Å². The number of nitro benzene ring substituents is 1. The Bertz CT molecular complexity index is 974. The number of carbonyl (C=O) groups is 2. The second-order valence-corrected chi connectivity index (χ2v) is 7.58. The highest BCUT2D eigenvalue weighted by atomic mass is 35.5. The zero-order chi connectivity index (χ0) is 20.6. The van der Waals surface area contributed by atoms with Gasteiger partial charge < -0.3 is 15.1 Å². The van der Waals surface area contributed by atoms with Crippen LogP contribution in [-0.2, 0) is 4.79 Å². The molecule has 2 aliphatic rings. The topological polar surface area (TPSA) is 95.8 Å². The monoisotopic (exact) mass is 414 g/mol. The molecule has 0 unspecified atom stereocenters. The molecular weight excluding hydrogens is 396 g/mol. The lowest BCUT2D eigenvalue weighted by Crippen LogP contribution is -2.57. The van der Waals surface area contributed by atoms with Crippen molar-refractivity contribution in [3.63, 3.8) is 0 Å². The number of nitro groups is 1. The quantitative estimate of drug-likeness (QED) is 0.615. The van der Waals surface area contributed by atoms with Crippen molar-refractivity contribution in [3.05, 3.63) is 69.2 Å². The number of halogens is 1. The second kappa shape index (κ2) is 7.36. The van der Waals surface area contributed by atoms with Crippen molar-refractivity contribution >= 4 is 34.8 Å². The van der Waals surface area contributed by atoms with Crippen molar-refractivity contribution in [1.29, 1.82) is 0 Å². The highest BCUT2D eigenvalue weighted by molar-refractivity contribution is 6.34. The van der Waals surface area contributed by atoms with E-state index in [0.29, 0.717) is 32.6 Å². The number of nitrogens with zero attached hydrogens (tertiary/aromatic N) is 3. The summed E-state index contributed by atoms with van der Waals surface area (Å²) in [5.41, 5.74) is 0.343. The van der Waals surface area contributed by atoms with Crippen LogP contribution in [0.5, 0.6) is 0 Å². The maximum absolute atomic E-state index is 12.9. The van der Waals surface area contributed by atoms with E-state index < -0.39 is 10.5 Å². The SMILES string of the molecule is O=C(c1ccc([N+](=O)[O-])cc1Cl)N1CCC2(CC1)C(=O)NCN2c1ccccc1. The summed E-state index contributed by atoms with van der Waals surface area (Å²) >= 11 is 6.11. The number of para-hydroxylation sites is 1. The lowest BCUT2D eigenvalue weighted by molar-refractivity contribution is -0.384. The van der Waals surface area contributed by atoms with E-state index >= 15 is 0 Å². The van der Waals surface area contributed by atoms with E-state index in [2.05, 4.69) is 10.2 Å². The molecule has 29 heavy (non-hydrogen) atoms. The third-order valence-corrected chi connectivity index (χ3v) is 5.99. The molecule has 9 heteroatoms. The van der Waals surface area contributed by atoms with Crippen molar-refractivity contribution in [2.75, 3.05) is 24.7 Å². The number of rotatable bonds is 3. The Hall–Kier alpha value is -3.13. The summed E-state index contributed by atoms with van der Waals surface area (Å²) in [7, 11) is 0. The lowest BCUT2D eigenvalue weighted by atomic mass is 9.85. The number of benzene rings is 2. The van der Waals surface area contributed by atoms with E-state index in [4.69, 9.17) is 11.6 Å². The van der Waals surface area contributed by atoms with Gasteiger partial charge in [0.2, 0.25) is 5.91 Å². The Morgan fingerprint density at radius 1 is 1.14 bits per heavy atom. The minimum Gasteiger partial charge on any atom is -0.339 e. The highest BCUT2D eigenvalue weighted by Crippen LogP contribution is 2.36. The van der Waals surface area contributed by atoms with Crippen LogP contribution in [-0.4, -0.2) is 46.9 Å². The second-order valence-electron chi connectivity index (χ2n) is 7.17. The average molecular weight is 415 g/mol. The van der Waals surface area contributed by atoms with E-state index in [-0.39, 0.29) is 28.1 Å². The summed E-state index contributed by atoms with van der Waals surface area (Å²) in [5, 5.41) is 13.8. The molecule has 4 rings (SSSR count). The van der Waals surface area contributed by atoms with Gasteiger partial charge in [0.25, 0.3) is 11.6 Å². The van der Waals surface area contributed by atoms with E-state index in [1.165, 1.54) is 18.2 Å². The van der Waals surface area contributed by atoms with Gasteiger partial charge in [0, 0.05) is 30.9 Å². The maximum atomic E-state index is 12.9. The largest absolute Gasteiger partial charge is 0.339 e. The Morgan fingerprint density at radius 2 is 1.83 bits per heavy atom. The fourth-order valence-electron chi connectivity index (χ4n) is 4.07. The number of hydrogen-bond donors (Lipinski definition) is 1. The molecule has 8 nitrogen and oxygen atoms in total. The third kappa shape index (κ3) is 3.29. The predicted molar refractivity (Wildman–Crippen MR) is 108 cm³/mol. The van der Waals surface area contributed by atoms with Gasteiger partial charge in [0.05, 0.1) is 22.2 Å². The van der Waals surface area contributed by atoms with E-state index in [9.17, 15) is 19.7 Å². The van der Waals surface area contributed by atoms with Gasteiger partial charge in [-0.25, -0.2) is 0 Å².